The molecule has 1 saturated heterocycles. The number of halogens is 3. The van der Waals surface area contributed by atoms with Gasteiger partial charge >= 0.3 is 6.18 Å². The number of thiophene rings is 1. The molecule has 0 radical (unpaired) electrons. The molecule has 0 spiro atoms. The fourth-order valence-corrected chi connectivity index (χ4v) is 6.85. The fourth-order valence-electron chi connectivity index (χ4n) is 4.50. The molecule has 2 aliphatic rings. The Labute approximate surface area is 222 Å². The standard InChI is InChI=1S/C25H29F3N6OS2/c1-4-17-18(5-6-21(31-17)34-8-7-29-14(2)13-34)32-24-30-12-16(25(26,27)28)22(33-24)19-11-20-23(37-19)15(3)35-9-10-36-20/h5-6,11-12,14-15,29H,4,7-10,13H2,1-3H3,(H,30,32,33). The summed E-state index contributed by atoms with van der Waals surface area (Å²) < 4.78 is 47.6. The van der Waals surface area contributed by atoms with Crippen molar-refractivity contribution >= 4 is 40.6 Å². The summed E-state index contributed by atoms with van der Waals surface area (Å²) in [5.41, 5.74) is 0.497. The van der Waals surface area contributed by atoms with Gasteiger partial charge in [0.25, 0.3) is 0 Å². The molecule has 2 unspecified atom stereocenters. The number of alkyl halides is 3. The number of fused-ring (bicyclic) bond motifs is 1. The van der Waals surface area contributed by atoms with Gasteiger partial charge in [0.2, 0.25) is 5.95 Å². The van der Waals surface area contributed by atoms with E-state index in [0.29, 0.717) is 29.6 Å². The lowest BCUT2D eigenvalue weighted by Gasteiger charge is -2.33. The molecule has 3 aromatic rings. The molecule has 0 amide bonds. The van der Waals surface area contributed by atoms with Crippen LogP contribution in [0.15, 0.2) is 29.3 Å². The zero-order chi connectivity index (χ0) is 26.2. The largest absolute Gasteiger partial charge is 0.420 e. The third-order valence-corrected chi connectivity index (χ3v) is 8.82. The summed E-state index contributed by atoms with van der Waals surface area (Å²) in [4.78, 5) is 17.8. The molecule has 5 rings (SSSR count). The Hall–Kier alpha value is -2.41. The van der Waals surface area contributed by atoms with Crippen LogP contribution >= 0.6 is 23.1 Å². The van der Waals surface area contributed by atoms with Crippen molar-refractivity contribution in [3.8, 4) is 10.6 Å². The number of hydrogen-bond acceptors (Lipinski definition) is 9. The zero-order valence-corrected chi connectivity index (χ0v) is 22.5. The lowest BCUT2D eigenvalue weighted by Crippen LogP contribution is -2.49. The van der Waals surface area contributed by atoms with Gasteiger partial charge in [-0.25, -0.2) is 15.0 Å². The van der Waals surface area contributed by atoms with Crippen LogP contribution in [0.1, 0.15) is 43.0 Å². The van der Waals surface area contributed by atoms with E-state index in [1.54, 1.807) is 17.8 Å². The highest BCUT2D eigenvalue weighted by molar-refractivity contribution is 7.99. The summed E-state index contributed by atoms with van der Waals surface area (Å²) in [5, 5.41) is 6.55. The van der Waals surface area contributed by atoms with Crippen LogP contribution in [0, 0.1) is 0 Å². The zero-order valence-electron chi connectivity index (χ0n) is 20.9. The maximum absolute atomic E-state index is 13.9. The number of thioether (sulfide) groups is 1. The quantitative estimate of drug-likeness (QED) is 0.406. The van der Waals surface area contributed by atoms with E-state index in [4.69, 9.17) is 9.72 Å². The van der Waals surface area contributed by atoms with Crippen molar-refractivity contribution in [1.82, 2.24) is 20.3 Å². The molecule has 3 aromatic heterocycles. The van der Waals surface area contributed by atoms with Gasteiger partial charge in [0.15, 0.2) is 0 Å². The average Bonchev–Trinajstić information content (AvgIpc) is 3.22. The highest BCUT2D eigenvalue weighted by Crippen LogP contribution is 2.45. The Morgan fingerprint density at radius 2 is 2.08 bits per heavy atom. The van der Waals surface area contributed by atoms with Crippen LogP contribution in [-0.2, 0) is 17.3 Å². The number of piperazine rings is 1. The van der Waals surface area contributed by atoms with Crippen LogP contribution in [0.25, 0.3) is 10.6 Å². The number of ether oxygens (including phenoxy) is 1. The normalized spacial score (nSPS) is 20.4. The molecular formula is C25H29F3N6OS2. The Balaban J connectivity index is 1.48. The van der Waals surface area contributed by atoms with Crippen molar-refractivity contribution in [3.63, 3.8) is 0 Å². The lowest BCUT2D eigenvalue weighted by atomic mass is 10.2. The molecule has 198 valence electrons. The molecule has 0 aliphatic carbocycles. The molecule has 1 fully saturated rings. The van der Waals surface area contributed by atoms with Crippen molar-refractivity contribution in [2.45, 2.75) is 50.4 Å². The summed E-state index contributed by atoms with van der Waals surface area (Å²) in [6, 6.07) is 5.99. The lowest BCUT2D eigenvalue weighted by molar-refractivity contribution is -0.137. The Kier molecular flexibility index (Phi) is 7.62. The molecule has 12 heteroatoms. The Morgan fingerprint density at radius 3 is 2.84 bits per heavy atom. The number of aromatic nitrogens is 3. The fraction of sp³-hybridized carbons (Fsp3) is 0.480. The second kappa shape index (κ2) is 10.8. The number of rotatable bonds is 5. The average molecular weight is 551 g/mol. The molecule has 5 heterocycles. The summed E-state index contributed by atoms with van der Waals surface area (Å²) >= 11 is 2.89. The van der Waals surface area contributed by atoms with Gasteiger partial charge in [0.05, 0.1) is 34.7 Å². The van der Waals surface area contributed by atoms with Gasteiger partial charge < -0.3 is 20.3 Å². The van der Waals surface area contributed by atoms with Gasteiger partial charge in [-0.15, -0.1) is 23.1 Å². The van der Waals surface area contributed by atoms with E-state index in [9.17, 15) is 13.2 Å². The smallest absolute Gasteiger partial charge is 0.372 e. The second-order valence-corrected chi connectivity index (χ2v) is 11.3. The first-order valence-corrected chi connectivity index (χ1v) is 14.1. The monoisotopic (exact) mass is 550 g/mol. The minimum absolute atomic E-state index is 0.101. The predicted octanol–water partition coefficient (Wildman–Crippen LogP) is 5.91. The number of nitrogens with one attached hydrogen (secondary N) is 2. The van der Waals surface area contributed by atoms with E-state index >= 15 is 0 Å². The number of hydrogen-bond donors (Lipinski definition) is 2. The number of nitrogens with zero attached hydrogens (tertiary/aromatic N) is 4. The summed E-state index contributed by atoms with van der Waals surface area (Å²) in [6.45, 7) is 9.29. The van der Waals surface area contributed by atoms with Gasteiger partial charge in [-0.3, -0.25) is 0 Å². The van der Waals surface area contributed by atoms with Gasteiger partial charge in [-0.05, 0) is 38.5 Å². The van der Waals surface area contributed by atoms with Crippen molar-refractivity contribution in [2.24, 2.45) is 0 Å². The van der Waals surface area contributed by atoms with Crippen LogP contribution in [0.3, 0.4) is 0 Å². The van der Waals surface area contributed by atoms with Crippen LogP contribution < -0.4 is 15.5 Å². The minimum Gasteiger partial charge on any atom is -0.372 e. The first-order valence-electron chi connectivity index (χ1n) is 12.3. The highest BCUT2D eigenvalue weighted by Gasteiger charge is 2.36. The molecule has 0 aromatic carbocycles. The first kappa shape index (κ1) is 26.2. The van der Waals surface area contributed by atoms with E-state index in [0.717, 1.165) is 52.9 Å². The van der Waals surface area contributed by atoms with Crippen molar-refractivity contribution in [3.05, 3.63) is 40.5 Å². The van der Waals surface area contributed by atoms with Gasteiger partial charge in [-0.2, -0.15) is 13.2 Å². The summed E-state index contributed by atoms with van der Waals surface area (Å²) in [7, 11) is 0. The molecule has 2 atom stereocenters. The number of anilines is 3. The van der Waals surface area contributed by atoms with Crippen LogP contribution in [0.4, 0.5) is 30.6 Å². The highest BCUT2D eigenvalue weighted by atomic mass is 32.2. The SMILES string of the molecule is CCc1nc(N2CCNC(C)C2)ccc1Nc1ncc(C(F)(F)F)c(-c2cc3c(s2)C(C)OCCS3)n1. The molecular weight excluding hydrogens is 521 g/mol. The molecule has 37 heavy (non-hydrogen) atoms. The first-order chi connectivity index (χ1) is 17.7. The third-order valence-electron chi connectivity index (χ3n) is 6.36. The van der Waals surface area contributed by atoms with Crippen molar-refractivity contribution in [1.29, 1.82) is 0 Å². The molecule has 0 bridgehead atoms. The maximum Gasteiger partial charge on any atom is 0.420 e. The Bertz CT molecular complexity index is 1270. The minimum atomic E-state index is -4.58. The van der Waals surface area contributed by atoms with E-state index in [2.05, 4.69) is 32.4 Å². The van der Waals surface area contributed by atoms with Crippen molar-refractivity contribution < 1.29 is 17.9 Å². The van der Waals surface area contributed by atoms with Crippen LogP contribution in [-0.4, -0.2) is 53.0 Å². The van der Waals surface area contributed by atoms with Gasteiger partial charge in [0, 0.05) is 47.4 Å². The molecule has 0 saturated carbocycles. The maximum atomic E-state index is 13.9. The van der Waals surface area contributed by atoms with Crippen molar-refractivity contribution in [2.75, 3.05) is 42.2 Å². The predicted molar refractivity (Wildman–Crippen MR) is 142 cm³/mol. The van der Waals surface area contributed by atoms with E-state index in [1.165, 1.54) is 11.3 Å². The second-order valence-electron chi connectivity index (χ2n) is 9.10. The van der Waals surface area contributed by atoms with E-state index in [1.807, 2.05) is 26.0 Å². The molecule has 7 nitrogen and oxygen atoms in total. The van der Waals surface area contributed by atoms with Crippen LogP contribution in [0.2, 0.25) is 0 Å². The summed E-state index contributed by atoms with van der Waals surface area (Å²) in [6.07, 6.45) is -3.24. The third kappa shape index (κ3) is 5.71. The molecule has 2 aliphatic heterocycles. The van der Waals surface area contributed by atoms with E-state index in [-0.39, 0.29) is 17.7 Å². The van der Waals surface area contributed by atoms with Gasteiger partial charge in [-0.1, -0.05) is 6.92 Å². The van der Waals surface area contributed by atoms with Gasteiger partial charge in [0.1, 0.15) is 11.4 Å². The number of aryl methyl sites for hydroxylation is 1. The van der Waals surface area contributed by atoms with E-state index < -0.39 is 11.7 Å². The Morgan fingerprint density at radius 1 is 1.24 bits per heavy atom. The number of pyridine rings is 1. The van der Waals surface area contributed by atoms with Crippen LogP contribution in [0.5, 0.6) is 0 Å². The molecule has 2 N–H and O–H groups in total. The summed E-state index contributed by atoms with van der Waals surface area (Å²) in [5.74, 6) is 1.74. The topological polar surface area (TPSA) is 75.2 Å².